The first kappa shape index (κ1) is 21.9. The van der Waals surface area contributed by atoms with Crippen LogP contribution in [0.1, 0.15) is 45.1 Å². The summed E-state index contributed by atoms with van der Waals surface area (Å²) in [5, 5.41) is 0. The number of sulfonamides is 1. The van der Waals surface area contributed by atoms with Gasteiger partial charge in [0.15, 0.2) is 0 Å². The van der Waals surface area contributed by atoms with Gasteiger partial charge in [0, 0.05) is 19.1 Å². The van der Waals surface area contributed by atoms with E-state index in [1.165, 1.54) is 4.90 Å². The molecule has 1 unspecified atom stereocenters. The Morgan fingerprint density at radius 3 is 2.38 bits per heavy atom. The van der Waals surface area contributed by atoms with Gasteiger partial charge in [0.25, 0.3) is 0 Å². The number of benzene rings is 1. The molecule has 0 aliphatic carbocycles. The maximum Gasteiger partial charge on any atom is 0.247 e. The van der Waals surface area contributed by atoms with Crippen molar-refractivity contribution in [3.8, 4) is 0 Å². The quantitative estimate of drug-likeness (QED) is 0.646. The standard InChI is InChI=1S/C21H31N3O4S/c1-16(2)10-13-29(27,28)22-18-8-11-23(12-9-18)19-14-20(25)24(21(19)26)15-17-6-4-3-5-7-17/h3-7,16,18-19,22H,8-15H2,1-2H3. The molecule has 2 aliphatic rings. The molecule has 1 aromatic carbocycles. The highest BCUT2D eigenvalue weighted by atomic mass is 32.2. The predicted molar refractivity (Wildman–Crippen MR) is 111 cm³/mol. The zero-order valence-electron chi connectivity index (χ0n) is 17.2. The highest BCUT2D eigenvalue weighted by Crippen LogP contribution is 2.24. The molecule has 0 aromatic heterocycles. The lowest BCUT2D eigenvalue weighted by Crippen LogP contribution is -2.50. The second-order valence-electron chi connectivity index (χ2n) is 8.45. The van der Waals surface area contributed by atoms with Crippen molar-refractivity contribution >= 4 is 21.8 Å². The van der Waals surface area contributed by atoms with Crippen molar-refractivity contribution in [2.24, 2.45) is 5.92 Å². The molecule has 1 atom stereocenters. The van der Waals surface area contributed by atoms with E-state index < -0.39 is 16.1 Å². The summed E-state index contributed by atoms with van der Waals surface area (Å²) in [6.07, 6.45) is 2.15. The molecule has 2 heterocycles. The van der Waals surface area contributed by atoms with E-state index in [9.17, 15) is 18.0 Å². The highest BCUT2D eigenvalue weighted by molar-refractivity contribution is 7.89. The van der Waals surface area contributed by atoms with Crippen LogP contribution in [0.2, 0.25) is 0 Å². The van der Waals surface area contributed by atoms with E-state index in [4.69, 9.17) is 0 Å². The molecule has 1 aromatic rings. The molecular formula is C21H31N3O4S. The van der Waals surface area contributed by atoms with Gasteiger partial charge in [-0.25, -0.2) is 13.1 Å². The normalized spacial score (nSPS) is 22.0. The van der Waals surface area contributed by atoms with Crippen molar-refractivity contribution in [2.75, 3.05) is 18.8 Å². The van der Waals surface area contributed by atoms with Crippen molar-refractivity contribution in [2.45, 2.75) is 58.2 Å². The Hall–Kier alpha value is -1.77. The Labute approximate surface area is 173 Å². The summed E-state index contributed by atoms with van der Waals surface area (Å²) in [6.45, 7) is 5.55. The van der Waals surface area contributed by atoms with E-state index in [2.05, 4.69) is 4.72 Å². The Morgan fingerprint density at radius 1 is 1.10 bits per heavy atom. The van der Waals surface area contributed by atoms with Gasteiger partial charge in [-0.05, 0) is 30.7 Å². The predicted octanol–water partition coefficient (Wildman–Crippen LogP) is 1.74. The molecule has 3 rings (SSSR count). The molecule has 29 heavy (non-hydrogen) atoms. The van der Waals surface area contributed by atoms with E-state index in [-0.39, 0.29) is 30.0 Å². The SMILES string of the molecule is CC(C)CCS(=O)(=O)NC1CCN(C2CC(=O)N(Cc3ccccc3)C2=O)CC1. The minimum atomic E-state index is -3.27. The zero-order chi connectivity index (χ0) is 21.0. The summed E-state index contributed by atoms with van der Waals surface area (Å²) in [6, 6.07) is 8.98. The molecule has 2 aliphatic heterocycles. The second-order valence-corrected chi connectivity index (χ2v) is 10.3. The van der Waals surface area contributed by atoms with E-state index in [1.54, 1.807) is 0 Å². The van der Waals surface area contributed by atoms with Gasteiger partial charge < -0.3 is 0 Å². The van der Waals surface area contributed by atoms with Crippen molar-refractivity contribution in [3.63, 3.8) is 0 Å². The third-order valence-electron chi connectivity index (χ3n) is 5.68. The van der Waals surface area contributed by atoms with Crippen molar-refractivity contribution in [1.29, 1.82) is 0 Å². The van der Waals surface area contributed by atoms with Crippen LogP contribution in [0.5, 0.6) is 0 Å². The number of likely N-dealkylation sites (tertiary alicyclic amines) is 2. The van der Waals surface area contributed by atoms with Gasteiger partial charge in [-0.3, -0.25) is 19.4 Å². The largest absolute Gasteiger partial charge is 0.291 e. The van der Waals surface area contributed by atoms with Crippen LogP contribution in [0, 0.1) is 5.92 Å². The number of carbonyl (C=O) groups excluding carboxylic acids is 2. The average molecular weight is 422 g/mol. The Balaban J connectivity index is 1.52. The summed E-state index contributed by atoms with van der Waals surface area (Å²) in [4.78, 5) is 28.6. The number of nitrogens with zero attached hydrogens (tertiary/aromatic N) is 2. The average Bonchev–Trinajstić information content (AvgIpc) is 2.96. The molecule has 2 saturated heterocycles. The number of piperidine rings is 1. The van der Waals surface area contributed by atoms with Crippen LogP contribution >= 0.6 is 0 Å². The van der Waals surface area contributed by atoms with Gasteiger partial charge in [0.05, 0.1) is 24.8 Å². The van der Waals surface area contributed by atoms with Crippen molar-refractivity contribution in [1.82, 2.24) is 14.5 Å². The lowest BCUT2D eigenvalue weighted by atomic mass is 10.0. The Morgan fingerprint density at radius 2 is 1.76 bits per heavy atom. The summed E-state index contributed by atoms with van der Waals surface area (Å²) in [5.41, 5.74) is 0.935. The van der Waals surface area contributed by atoms with E-state index >= 15 is 0 Å². The second kappa shape index (κ2) is 9.36. The smallest absolute Gasteiger partial charge is 0.247 e. The molecule has 2 fully saturated rings. The summed E-state index contributed by atoms with van der Waals surface area (Å²) >= 11 is 0. The maximum absolute atomic E-state index is 12.8. The van der Waals surface area contributed by atoms with Gasteiger partial charge in [-0.2, -0.15) is 0 Å². The number of amides is 2. The van der Waals surface area contributed by atoms with Crippen LogP contribution in [0.15, 0.2) is 30.3 Å². The summed E-state index contributed by atoms with van der Waals surface area (Å²) in [5.74, 6) is 0.211. The first-order valence-electron chi connectivity index (χ1n) is 10.4. The van der Waals surface area contributed by atoms with Crippen LogP contribution < -0.4 is 4.72 Å². The maximum atomic E-state index is 12.8. The number of hydrogen-bond acceptors (Lipinski definition) is 5. The lowest BCUT2D eigenvalue weighted by molar-refractivity contribution is -0.140. The molecule has 2 amide bonds. The molecule has 7 nitrogen and oxygen atoms in total. The van der Waals surface area contributed by atoms with E-state index in [1.807, 2.05) is 49.1 Å². The fraction of sp³-hybridized carbons (Fsp3) is 0.619. The first-order chi connectivity index (χ1) is 13.7. The number of hydrogen-bond donors (Lipinski definition) is 1. The summed E-state index contributed by atoms with van der Waals surface area (Å²) < 4.78 is 27.3. The third-order valence-corrected chi connectivity index (χ3v) is 7.15. The van der Waals surface area contributed by atoms with E-state index in [0.29, 0.717) is 44.8 Å². The van der Waals surface area contributed by atoms with Gasteiger partial charge in [0.2, 0.25) is 21.8 Å². The van der Waals surface area contributed by atoms with Gasteiger partial charge in [0.1, 0.15) is 0 Å². The van der Waals surface area contributed by atoms with Crippen molar-refractivity contribution in [3.05, 3.63) is 35.9 Å². The third kappa shape index (κ3) is 5.87. The van der Waals surface area contributed by atoms with Gasteiger partial charge in [-0.1, -0.05) is 44.2 Å². The molecule has 0 bridgehead atoms. The first-order valence-corrected chi connectivity index (χ1v) is 12.0. The van der Waals surface area contributed by atoms with Gasteiger partial charge >= 0.3 is 0 Å². The zero-order valence-corrected chi connectivity index (χ0v) is 18.0. The fourth-order valence-corrected chi connectivity index (χ4v) is 5.56. The van der Waals surface area contributed by atoms with Crippen LogP contribution in [0.3, 0.4) is 0 Å². The minimum Gasteiger partial charge on any atom is -0.291 e. The van der Waals surface area contributed by atoms with Gasteiger partial charge in [-0.15, -0.1) is 0 Å². The number of carbonyl (C=O) groups is 2. The Kier molecular flexibility index (Phi) is 7.08. The highest BCUT2D eigenvalue weighted by Gasteiger charge is 2.42. The molecule has 160 valence electrons. The molecular weight excluding hydrogens is 390 g/mol. The lowest BCUT2D eigenvalue weighted by Gasteiger charge is -2.35. The molecule has 0 saturated carbocycles. The van der Waals surface area contributed by atoms with Crippen molar-refractivity contribution < 1.29 is 18.0 Å². The molecule has 0 spiro atoms. The molecule has 0 radical (unpaired) electrons. The number of rotatable bonds is 8. The van der Waals surface area contributed by atoms with Crippen LogP contribution in [0.25, 0.3) is 0 Å². The molecule has 1 N–H and O–H groups in total. The fourth-order valence-electron chi connectivity index (χ4n) is 3.92. The monoisotopic (exact) mass is 421 g/mol. The summed E-state index contributed by atoms with van der Waals surface area (Å²) in [7, 11) is -3.27. The number of imide groups is 1. The van der Waals surface area contributed by atoms with E-state index in [0.717, 1.165) is 5.56 Å². The van der Waals surface area contributed by atoms with Crippen LogP contribution in [-0.4, -0.2) is 61.0 Å². The Bertz CT molecular complexity index is 818. The minimum absolute atomic E-state index is 0.101. The number of nitrogens with one attached hydrogen (secondary N) is 1. The topological polar surface area (TPSA) is 86.8 Å². The molecule has 8 heteroatoms. The van der Waals surface area contributed by atoms with Crippen LogP contribution in [0.4, 0.5) is 0 Å². The van der Waals surface area contributed by atoms with Crippen LogP contribution in [-0.2, 0) is 26.2 Å².